The van der Waals surface area contributed by atoms with Crippen molar-refractivity contribution in [1.82, 2.24) is 0 Å². The topological polar surface area (TPSA) is 137 Å². The maximum absolute atomic E-state index is 12.0. The monoisotopic (exact) mass is 762 g/mol. The van der Waals surface area contributed by atoms with Crippen molar-refractivity contribution in [1.29, 1.82) is 0 Å². The molecule has 0 aliphatic heterocycles. The van der Waals surface area contributed by atoms with Crippen LogP contribution >= 0.6 is 0 Å². The van der Waals surface area contributed by atoms with E-state index in [0.29, 0.717) is 159 Å². The van der Waals surface area contributed by atoms with E-state index in [0.717, 1.165) is 31.2 Å². The van der Waals surface area contributed by atoms with Gasteiger partial charge in [-0.05, 0) is 18.4 Å². The molecule has 0 fully saturated rings. The normalized spacial score (nSPS) is 12.0. The first kappa shape index (κ1) is 49.2. The van der Waals surface area contributed by atoms with E-state index in [1.165, 1.54) is 0 Å². The van der Waals surface area contributed by atoms with Gasteiger partial charge >= 0.3 is 5.97 Å². The standard InChI is InChI=1S/C39H70O14/c1-3-5-11-38(4-2)39(40)53-35-34-51-31-30-49-27-26-47-23-22-45-19-18-43-15-14-41-12-13-42-16-17-44-20-21-46-24-25-48-28-29-50-32-33-52-36-37-9-7-6-8-10-37/h6-10,38H,3-5,11-36H2,1-2H3. The van der Waals surface area contributed by atoms with Gasteiger partial charge in [0, 0.05) is 0 Å². The maximum Gasteiger partial charge on any atom is 0.308 e. The summed E-state index contributed by atoms with van der Waals surface area (Å²) in [6.07, 6.45) is 3.83. The summed E-state index contributed by atoms with van der Waals surface area (Å²) >= 11 is 0. The minimum atomic E-state index is -0.121. The zero-order valence-corrected chi connectivity index (χ0v) is 32.7. The lowest BCUT2D eigenvalue weighted by molar-refractivity contribution is -0.150. The third-order valence-corrected chi connectivity index (χ3v) is 7.41. The molecule has 14 nitrogen and oxygen atoms in total. The van der Waals surface area contributed by atoms with Gasteiger partial charge in [-0.25, -0.2) is 0 Å². The number of hydrogen-bond donors (Lipinski definition) is 0. The van der Waals surface area contributed by atoms with Crippen molar-refractivity contribution in [2.45, 2.75) is 46.1 Å². The number of ether oxygens (including phenoxy) is 13. The summed E-state index contributed by atoms with van der Waals surface area (Å²) < 4.78 is 71.2. The van der Waals surface area contributed by atoms with E-state index < -0.39 is 0 Å². The molecule has 310 valence electrons. The van der Waals surface area contributed by atoms with Gasteiger partial charge < -0.3 is 61.6 Å². The Balaban J connectivity index is 1.64. The minimum absolute atomic E-state index is 0.00545. The molecule has 1 rings (SSSR count). The Morgan fingerprint density at radius 2 is 0.736 bits per heavy atom. The number of hydrogen-bond acceptors (Lipinski definition) is 14. The second kappa shape index (κ2) is 41.4. The van der Waals surface area contributed by atoms with Crippen LogP contribution in [0.25, 0.3) is 0 Å². The summed E-state index contributed by atoms with van der Waals surface area (Å²) in [6, 6.07) is 10.1. The smallest absolute Gasteiger partial charge is 0.308 e. The molecular formula is C39H70O14. The Morgan fingerprint density at radius 1 is 0.434 bits per heavy atom. The fourth-order valence-corrected chi connectivity index (χ4v) is 4.44. The fourth-order valence-electron chi connectivity index (χ4n) is 4.44. The highest BCUT2D eigenvalue weighted by Crippen LogP contribution is 2.14. The van der Waals surface area contributed by atoms with Gasteiger partial charge in [-0.2, -0.15) is 0 Å². The molecule has 0 amide bonds. The van der Waals surface area contributed by atoms with Crippen LogP contribution in [0.5, 0.6) is 0 Å². The van der Waals surface area contributed by atoms with Crippen LogP contribution in [-0.2, 0) is 73.0 Å². The van der Waals surface area contributed by atoms with Crippen LogP contribution in [0.4, 0.5) is 0 Å². The first-order valence-electron chi connectivity index (χ1n) is 19.4. The molecule has 0 spiro atoms. The molecule has 14 heteroatoms. The van der Waals surface area contributed by atoms with Crippen molar-refractivity contribution >= 4 is 5.97 Å². The van der Waals surface area contributed by atoms with E-state index >= 15 is 0 Å². The third kappa shape index (κ3) is 35.7. The van der Waals surface area contributed by atoms with E-state index in [1.54, 1.807) is 0 Å². The van der Waals surface area contributed by atoms with Gasteiger partial charge in [0.25, 0.3) is 0 Å². The lowest BCUT2D eigenvalue weighted by Crippen LogP contribution is -2.20. The predicted molar refractivity (Wildman–Crippen MR) is 199 cm³/mol. The van der Waals surface area contributed by atoms with E-state index in [1.807, 2.05) is 37.3 Å². The molecule has 1 atom stereocenters. The number of rotatable bonds is 43. The fraction of sp³-hybridized carbons (Fsp3) is 0.821. The Labute approximate surface area is 318 Å². The molecule has 0 radical (unpaired) electrons. The Bertz CT molecular complexity index is 866. The van der Waals surface area contributed by atoms with Crippen LogP contribution in [0.15, 0.2) is 30.3 Å². The molecular weight excluding hydrogens is 692 g/mol. The summed E-state index contributed by atoms with van der Waals surface area (Å²) in [4.78, 5) is 12.0. The number of benzene rings is 1. The van der Waals surface area contributed by atoms with Gasteiger partial charge in [-0.3, -0.25) is 4.79 Å². The average Bonchev–Trinajstić information content (AvgIpc) is 3.18. The van der Waals surface area contributed by atoms with Gasteiger partial charge in [0.1, 0.15) is 6.61 Å². The lowest BCUT2D eigenvalue weighted by atomic mass is 10.00. The highest BCUT2D eigenvalue weighted by atomic mass is 16.6. The van der Waals surface area contributed by atoms with Crippen LogP contribution in [0, 0.1) is 5.92 Å². The van der Waals surface area contributed by atoms with Crippen molar-refractivity contribution in [3.8, 4) is 0 Å². The molecule has 0 bridgehead atoms. The molecule has 0 aromatic heterocycles. The molecule has 53 heavy (non-hydrogen) atoms. The third-order valence-electron chi connectivity index (χ3n) is 7.41. The van der Waals surface area contributed by atoms with Gasteiger partial charge in [0.05, 0.1) is 164 Å². The van der Waals surface area contributed by atoms with E-state index in [4.69, 9.17) is 61.6 Å². The van der Waals surface area contributed by atoms with Crippen LogP contribution in [0.3, 0.4) is 0 Å². The minimum Gasteiger partial charge on any atom is -0.463 e. The van der Waals surface area contributed by atoms with E-state index in [2.05, 4.69) is 6.92 Å². The zero-order chi connectivity index (χ0) is 38.0. The highest BCUT2D eigenvalue weighted by Gasteiger charge is 2.17. The molecule has 1 unspecified atom stereocenters. The summed E-state index contributed by atoms with van der Waals surface area (Å²) in [5.41, 5.74) is 1.16. The quantitative estimate of drug-likeness (QED) is 0.0696. The Hall–Kier alpha value is -1.79. The number of unbranched alkanes of at least 4 members (excludes halogenated alkanes) is 1. The molecule has 1 aromatic rings. The van der Waals surface area contributed by atoms with Gasteiger partial charge in [0.15, 0.2) is 0 Å². The van der Waals surface area contributed by atoms with Crippen molar-refractivity contribution in [3.05, 3.63) is 35.9 Å². The number of esters is 1. The Morgan fingerprint density at radius 3 is 1.04 bits per heavy atom. The van der Waals surface area contributed by atoms with Crippen LogP contribution in [0.1, 0.15) is 45.1 Å². The number of carbonyl (C=O) groups is 1. The molecule has 0 saturated heterocycles. The molecule has 0 N–H and O–H groups in total. The SMILES string of the molecule is CCCCC(CC)C(=O)OCCOCCOCCOCCOCCOCCOCCOCCOCCOCCOCCOCCOCc1ccccc1. The van der Waals surface area contributed by atoms with Gasteiger partial charge in [-0.15, -0.1) is 0 Å². The van der Waals surface area contributed by atoms with Crippen molar-refractivity contribution in [3.63, 3.8) is 0 Å². The average molecular weight is 763 g/mol. The summed E-state index contributed by atoms with van der Waals surface area (Å²) in [5.74, 6) is -0.126. The maximum atomic E-state index is 12.0. The van der Waals surface area contributed by atoms with Crippen molar-refractivity contribution in [2.24, 2.45) is 5.92 Å². The molecule has 0 aliphatic rings. The van der Waals surface area contributed by atoms with Crippen molar-refractivity contribution < 1.29 is 66.4 Å². The molecule has 0 aliphatic carbocycles. The molecule has 0 heterocycles. The number of carbonyl (C=O) groups excluding carboxylic acids is 1. The first-order chi connectivity index (χ1) is 26.3. The van der Waals surface area contributed by atoms with Crippen LogP contribution in [-0.4, -0.2) is 165 Å². The van der Waals surface area contributed by atoms with E-state index in [9.17, 15) is 4.79 Å². The van der Waals surface area contributed by atoms with Gasteiger partial charge in [-0.1, -0.05) is 57.0 Å². The second-order valence-electron chi connectivity index (χ2n) is 11.7. The van der Waals surface area contributed by atoms with Crippen molar-refractivity contribution in [2.75, 3.05) is 159 Å². The van der Waals surface area contributed by atoms with Crippen LogP contribution < -0.4 is 0 Å². The zero-order valence-electron chi connectivity index (χ0n) is 32.7. The molecule has 0 saturated carbocycles. The first-order valence-corrected chi connectivity index (χ1v) is 19.4. The van der Waals surface area contributed by atoms with Gasteiger partial charge in [0.2, 0.25) is 0 Å². The Kier molecular flexibility index (Phi) is 38.4. The lowest BCUT2D eigenvalue weighted by Gasteiger charge is -2.13. The summed E-state index contributed by atoms with van der Waals surface area (Å²) in [5, 5.41) is 0. The highest BCUT2D eigenvalue weighted by molar-refractivity contribution is 5.72. The molecule has 1 aromatic carbocycles. The predicted octanol–water partition coefficient (Wildman–Crippen LogP) is 4.15. The van der Waals surface area contributed by atoms with Crippen LogP contribution in [0.2, 0.25) is 0 Å². The second-order valence-corrected chi connectivity index (χ2v) is 11.7. The summed E-state index contributed by atoms with van der Waals surface area (Å²) in [7, 11) is 0. The van der Waals surface area contributed by atoms with E-state index in [-0.39, 0.29) is 18.5 Å². The summed E-state index contributed by atoms with van der Waals surface area (Å²) in [6.45, 7) is 16.5. The largest absolute Gasteiger partial charge is 0.463 e.